The van der Waals surface area contributed by atoms with Crippen molar-refractivity contribution in [1.82, 2.24) is 4.72 Å². The number of hydrogen-bond acceptors (Lipinski definition) is 4. The molecule has 184 valence electrons. The van der Waals surface area contributed by atoms with Gasteiger partial charge in [-0.25, -0.2) is 8.42 Å². The van der Waals surface area contributed by atoms with Crippen LogP contribution in [0.5, 0.6) is 5.75 Å². The SMILES string of the molecule is Cc1cc(C)c(S(=O)(=O)NC(I)(C(S)c2ccc(Br)cc2OC(F)(F)F)C(F)(F)F)c(C)c1. The van der Waals surface area contributed by atoms with Crippen LogP contribution < -0.4 is 9.46 Å². The van der Waals surface area contributed by atoms with Gasteiger partial charge in [-0.15, -0.1) is 13.2 Å². The van der Waals surface area contributed by atoms with E-state index in [0.29, 0.717) is 5.56 Å². The molecular formula is C19H17BrF6INO3S2. The summed E-state index contributed by atoms with van der Waals surface area (Å²) in [5.74, 6) is -0.955. The summed E-state index contributed by atoms with van der Waals surface area (Å²) in [5, 5.41) is -2.12. The Morgan fingerprint density at radius 2 is 1.55 bits per heavy atom. The topological polar surface area (TPSA) is 55.4 Å². The van der Waals surface area contributed by atoms with Crippen molar-refractivity contribution in [3.8, 4) is 5.75 Å². The van der Waals surface area contributed by atoms with Crippen LogP contribution in [0.3, 0.4) is 0 Å². The normalized spacial score (nSPS) is 15.8. The van der Waals surface area contributed by atoms with Crippen molar-refractivity contribution in [3.05, 3.63) is 57.1 Å². The average Bonchev–Trinajstić information content (AvgIpc) is 2.57. The second-order valence-electron chi connectivity index (χ2n) is 7.18. The lowest BCUT2D eigenvalue weighted by Crippen LogP contribution is -2.56. The van der Waals surface area contributed by atoms with Gasteiger partial charge in [0.15, 0.2) is 3.55 Å². The predicted molar refractivity (Wildman–Crippen MR) is 126 cm³/mol. The van der Waals surface area contributed by atoms with Gasteiger partial charge in [-0.3, -0.25) is 0 Å². The van der Waals surface area contributed by atoms with Gasteiger partial charge < -0.3 is 4.74 Å². The number of ether oxygens (including phenoxy) is 1. The third kappa shape index (κ3) is 6.49. The lowest BCUT2D eigenvalue weighted by Gasteiger charge is -2.36. The molecule has 2 aromatic carbocycles. The third-order valence-electron chi connectivity index (χ3n) is 4.44. The summed E-state index contributed by atoms with van der Waals surface area (Å²) in [4.78, 5) is -0.360. The molecule has 0 bridgehead atoms. The molecule has 0 fully saturated rings. The van der Waals surface area contributed by atoms with E-state index in [1.54, 1.807) is 11.6 Å². The first-order chi connectivity index (χ1) is 14.8. The predicted octanol–water partition coefficient (Wildman–Crippen LogP) is 6.92. The number of nitrogens with one attached hydrogen (secondary N) is 1. The number of aryl methyl sites for hydroxylation is 3. The molecule has 4 nitrogen and oxygen atoms in total. The van der Waals surface area contributed by atoms with Crippen molar-refractivity contribution in [3.63, 3.8) is 0 Å². The molecule has 33 heavy (non-hydrogen) atoms. The van der Waals surface area contributed by atoms with Gasteiger partial charge in [-0.2, -0.15) is 30.5 Å². The summed E-state index contributed by atoms with van der Waals surface area (Å²) < 4.78 is 110. The zero-order chi connectivity index (χ0) is 25.6. The van der Waals surface area contributed by atoms with Crippen molar-refractivity contribution in [2.24, 2.45) is 0 Å². The van der Waals surface area contributed by atoms with Crippen molar-refractivity contribution in [1.29, 1.82) is 0 Å². The molecule has 0 saturated heterocycles. The molecular weight excluding hydrogens is 675 g/mol. The molecule has 2 aromatic rings. The third-order valence-corrected chi connectivity index (χ3v) is 9.74. The van der Waals surface area contributed by atoms with E-state index >= 15 is 0 Å². The molecule has 0 heterocycles. The highest BCUT2D eigenvalue weighted by Crippen LogP contribution is 2.51. The number of sulfonamides is 1. The highest BCUT2D eigenvalue weighted by atomic mass is 127. The molecule has 1 N–H and O–H groups in total. The Morgan fingerprint density at radius 3 is 2.00 bits per heavy atom. The largest absolute Gasteiger partial charge is 0.573 e. The molecule has 2 unspecified atom stereocenters. The molecule has 2 rings (SSSR count). The van der Waals surface area contributed by atoms with E-state index in [2.05, 4.69) is 33.3 Å². The van der Waals surface area contributed by atoms with Crippen LogP contribution in [0.25, 0.3) is 0 Å². The molecule has 0 aliphatic heterocycles. The minimum absolute atomic E-state index is 0.101. The fourth-order valence-corrected chi connectivity index (χ4v) is 7.02. The minimum Gasteiger partial charge on any atom is -0.405 e. The van der Waals surface area contributed by atoms with E-state index in [1.165, 1.54) is 32.0 Å². The first-order valence-electron chi connectivity index (χ1n) is 8.89. The van der Waals surface area contributed by atoms with Crippen LogP contribution in [0.4, 0.5) is 26.3 Å². The Morgan fingerprint density at radius 1 is 1.03 bits per heavy atom. The first kappa shape index (κ1) is 28.5. The quantitative estimate of drug-likeness (QED) is 0.114. The fourth-order valence-electron chi connectivity index (χ4n) is 3.27. The molecule has 0 aliphatic carbocycles. The second kappa shape index (κ2) is 9.74. The summed E-state index contributed by atoms with van der Waals surface area (Å²) in [6.07, 6.45) is -10.5. The molecule has 0 amide bonds. The second-order valence-corrected chi connectivity index (χ2v) is 11.9. The maximum absolute atomic E-state index is 14.2. The zero-order valence-electron chi connectivity index (χ0n) is 17.1. The number of hydrogen-bond donors (Lipinski definition) is 2. The van der Waals surface area contributed by atoms with Gasteiger partial charge >= 0.3 is 12.5 Å². The maximum Gasteiger partial charge on any atom is 0.573 e. The maximum atomic E-state index is 14.2. The van der Waals surface area contributed by atoms with E-state index < -0.39 is 42.7 Å². The van der Waals surface area contributed by atoms with Crippen molar-refractivity contribution in [2.45, 2.75) is 47.0 Å². The van der Waals surface area contributed by atoms with E-state index in [9.17, 15) is 34.8 Å². The fraction of sp³-hybridized carbons (Fsp3) is 0.368. The van der Waals surface area contributed by atoms with Crippen molar-refractivity contribution >= 4 is 61.2 Å². The number of benzene rings is 2. The summed E-state index contributed by atoms with van der Waals surface area (Å²) in [7, 11) is -4.79. The Kier molecular flexibility index (Phi) is 8.42. The average molecular weight is 692 g/mol. The Labute approximate surface area is 214 Å². The van der Waals surface area contributed by atoms with E-state index in [0.717, 1.165) is 34.7 Å². The zero-order valence-corrected chi connectivity index (χ0v) is 22.5. The molecule has 0 aliphatic rings. The van der Waals surface area contributed by atoms with Gasteiger partial charge in [-0.05, 0) is 66.6 Å². The molecule has 0 saturated carbocycles. The molecule has 0 spiro atoms. The number of alkyl halides is 7. The van der Waals surface area contributed by atoms with E-state index in [-0.39, 0.29) is 20.5 Å². The van der Waals surface area contributed by atoms with Gasteiger partial charge in [0.1, 0.15) is 5.75 Å². The highest BCUT2D eigenvalue weighted by molar-refractivity contribution is 14.1. The summed E-state index contributed by atoms with van der Waals surface area (Å²) in [6.45, 7) is 4.56. The van der Waals surface area contributed by atoms with Crippen LogP contribution in [0.15, 0.2) is 39.7 Å². The van der Waals surface area contributed by atoms with E-state index in [4.69, 9.17) is 0 Å². The Hall–Kier alpha value is -0.710. The minimum atomic E-state index is -5.26. The first-order valence-corrected chi connectivity index (χ1v) is 12.8. The summed E-state index contributed by atoms with van der Waals surface area (Å²) in [5.41, 5.74) is 0.504. The van der Waals surface area contributed by atoms with Crippen LogP contribution in [0.1, 0.15) is 27.5 Å². The molecule has 14 heteroatoms. The monoisotopic (exact) mass is 691 g/mol. The lowest BCUT2D eigenvalue weighted by atomic mass is 10.0. The standard InChI is InChI=1S/C19H17BrF6INO3S2/c1-9-6-10(2)15(11(3)7-9)33(29,30)28-17(27,18(21,22)23)16(32)13-5-4-12(20)8-14(13)31-19(24,25)26/h4-8,16,28,32H,1-3H3. The van der Waals surface area contributed by atoms with Crippen LogP contribution in [-0.2, 0) is 10.0 Å². The molecule has 2 atom stereocenters. The van der Waals surface area contributed by atoms with Gasteiger partial charge in [0.05, 0.1) is 10.1 Å². The number of thiol groups is 1. The summed E-state index contributed by atoms with van der Waals surface area (Å²) >= 11 is 7.67. The van der Waals surface area contributed by atoms with Crippen LogP contribution in [0, 0.1) is 20.8 Å². The van der Waals surface area contributed by atoms with Crippen LogP contribution in [0.2, 0.25) is 0 Å². The Bertz CT molecular complexity index is 1130. The van der Waals surface area contributed by atoms with Gasteiger partial charge in [0.2, 0.25) is 10.0 Å². The number of halogens is 8. The summed E-state index contributed by atoms with van der Waals surface area (Å²) in [6, 6.07) is 5.94. The lowest BCUT2D eigenvalue weighted by molar-refractivity contribution is -0.275. The number of rotatable bonds is 6. The van der Waals surface area contributed by atoms with Gasteiger partial charge in [0, 0.05) is 10.0 Å². The van der Waals surface area contributed by atoms with Crippen LogP contribution >= 0.6 is 51.1 Å². The van der Waals surface area contributed by atoms with Crippen LogP contribution in [-0.4, -0.2) is 24.5 Å². The van der Waals surface area contributed by atoms with Gasteiger partial charge in [-0.1, -0.05) is 39.7 Å². The van der Waals surface area contributed by atoms with Gasteiger partial charge in [0.25, 0.3) is 0 Å². The van der Waals surface area contributed by atoms with Crippen molar-refractivity contribution < 1.29 is 39.5 Å². The van der Waals surface area contributed by atoms with Crippen molar-refractivity contribution in [2.75, 3.05) is 0 Å². The van der Waals surface area contributed by atoms with E-state index in [1.807, 2.05) is 0 Å². The molecule has 0 radical (unpaired) electrons. The highest BCUT2D eigenvalue weighted by Gasteiger charge is 2.60. The Balaban J connectivity index is 2.66. The smallest absolute Gasteiger partial charge is 0.405 e. The molecule has 0 aromatic heterocycles.